The average Bonchev–Trinajstić information content (AvgIpc) is 2.17. The molecule has 0 saturated heterocycles. The predicted molar refractivity (Wildman–Crippen MR) is 58.1 cm³/mol. The van der Waals surface area contributed by atoms with Gasteiger partial charge < -0.3 is 10.4 Å². The van der Waals surface area contributed by atoms with Crippen LogP contribution in [0.4, 0.5) is 4.39 Å². The molecule has 0 atom stereocenters. The van der Waals surface area contributed by atoms with Crippen molar-refractivity contribution in [3.05, 3.63) is 34.1 Å². The molecule has 1 aromatic carbocycles. The zero-order chi connectivity index (χ0) is 11.3. The van der Waals surface area contributed by atoms with Gasteiger partial charge in [-0.15, -0.1) is 0 Å². The monoisotopic (exact) mass is 275 g/mol. The lowest BCUT2D eigenvalue weighted by atomic mass is 10.2. The van der Waals surface area contributed by atoms with Gasteiger partial charge >= 0.3 is 0 Å². The lowest BCUT2D eigenvalue weighted by Crippen LogP contribution is -2.25. The van der Waals surface area contributed by atoms with Crippen LogP contribution in [0.5, 0.6) is 0 Å². The maximum absolute atomic E-state index is 12.7. The highest BCUT2D eigenvalue weighted by atomic mass is 79.9. The molecule has 3 nitrogen and oxygen atoms in total. The molecule has 0 aliphatic rings. The molecule has 0 fully saturated rings. The summed E-state index contributed by atoms with van der Waals surface area (Å²) in [5.41, 5.74) is 0.384. The highest BCUT2D eigenvalue weighted by Gasteiger charge is 2.09. The number of amides is 1. The number of hydrogen-bond donors (Lipinski definition) is 2. The molecule has 5 heteroatoms. The third-order valence-electron chi connectivity index (χ3n) is 1.80. The molecule has 0 aliphatic carbocycles. The van der Waals surface area contributed by atoms with E-state index in [1.807, 2.05) is 0 Å². The lowest BCUT2D eigenvalue weighted by molar-refractivity contribution is 0.0950. The summed E-state index contributed by atoms with van der Waals surface area (Å²) in [4.78, 5) is 11.5. The van der Waals surface area contributed by atoms with Crippen LogP contribution in [0.15, 0.2) is 22.7 Å². The van der Waals surface area contributed by atoms with Crippen molar-refractivity contribution in [1.29, 1.82) is 0 Å². The number of hydrogen-bond acceptors (Lipinski definition) is 2. The summed E-state index contributed by atoms with van der Waals surface area (Å²) >= 11 is 3.11. The van der Waals surface area contributed by atoms with E-state index in [1.165, 1.54) is 18.2 Å². The van der Waals surface area contributed by atoms with Gasteiger partial charge in [0.05, 0.1) is 5.56 Å². The zero-order valence-corrected chi connectivity index (χ0v) is 9.55. The second kappa shape index (κ2) is 5.82. The first-order valence-corrected chi connectivity index (χ1v) is 5.28. The third kappa shape index (κ3) is 3.60. The first-order chi connectivity index (χ1) is 7.15. The fraction of sp³-hybridized carbons (Fsp3) is 0.300. The zero-order valence-electron chi connectivity index (χ0n) is 7.96. The molecule has 1 amide bonds. The van der Waals surface area contributed by atoms with E-state index < -0.39 is 5.82 Å². The summed E-state index contributed by atoms with van der Waals surface area (Å²) in [5.74, 6) is -0.677. The standard InChI is InChI=1S/C10H11BrFNO2/c11-9-6-7(12)2-3-8(9)10(15)13-4-1-5-14/h2-3,6,14H,1,4-5H2,(H,13,15). The average molecular weight is 276 g/mol. The summed E-state index contributed by atoms with van der Waals surface area (Å²) in [6, 6.07) is 3.88. The molecule has 15 heavy (non-hydrogen) atoms. The Morgan fingerprint density at radius 3 is 2.87 bits per heavy atom. The molecule has 0 spiro atoms. The van der Waals surface area contributed by atoms with Gasteiger partial charge in [0.2, 0.25) is 0 Å². The Kier molecular flexibility index (Phi) is 4.71. The van der Waals surface area contributed by atoms with Gasteiger partial charge in [0, 0.05) is 17.6 Å². The van der Waals surface area contributed by atoms with E-state index in [2.05, 4.69) is 21.2 Å². The summed E-state index contributed by atoms with van der Waals surface area (Å²) < 4.78 is 13.1. The van der Waals surface area contributed by atoms with Crippen LogP contribution in [0.3, 0.4) is 0 Å². The molecule has 0 unspecified atom stereocenters. The Morgan fingerprint density at radius 1 is 1.53 bits per heavy atom. The molecule has 2 N–H and O–H groups in total. The number of carbonyl (C=O) groups is 1. The Labute approximate surface area is 95.4 Å². The van der Waals surface area contributed by atoms with Gasteiger partial charge in [-0.2, -0.15) is 0 Å². The number of aliphatic hydroxyl groups is 1. The van der Waals surface area contributed by atoms with Crippen LogP contribution < -0.4 is 5.32 Å². The molecule has 1 aromatic rings. The normalized spacial score (nSPS) is 10.1. The van der Waals surface area contributed by atoms with Crippen molar-refractivity contribution >= 4 is 21.8 Å². The van der Waals surface area contributed by atoms with Crippen LogP contribution in [-0.2, 0) is 0 Å². The summed E-state index contributed by atoms with van der Waals surface area (Å²) in [7, 11) is 0. The second-order valence-electron chi connectivity index (χ2n) is 2.96. The van der Waals surface area contributed by atoms with Crippen molar-refractivity contribution in [3.63, 3.8) is 0 Å². The second-order valence-corrected chi connectivity index (χ2v) is 3.81. The number of halogens is 2. The number of nitrogens with one attached hydrogen (secondary N) is 1. The highest BCUT2D eigenvalue weighted by molar-refractivity contribution is 9.10. The van der Waals surface area contributed by atoms with E-state index in [4.69, 9.17) is 5.11 Å². The van der Waals surface area contributed by atoms with Crippen LogP contribution in [-0.4, -0.2) is 24.2 Å². The van der Waals surface area contributed by atoms with Crippen molar-refractivity contribution in [2.75, 3.05) is 13.2 Å². The fourth-order valence-electron chi connectivity index (χ4n) is 1.05. The smallest absolute Gasteiger partial charge is 0.252 e. The van der Waals surface area contributed by atoms with E-state index in [-0.39, 0.29) is 12.5 Å². The van der Waals surface area contributed by atoms with Crippen molar-refractivity contribution in [2.45, 2.75) is 6.42 Å². The fourth-order valence-corrected chi connectivity index (χ4v) is 1.58. The molecule has 0 heterocycles. The van der Waals surface area contributed by atoms with Crippen LogP contribution in [0, 0.1) is 5.82 Å². The number of carbonyl (C=O) groups excluding carboxylic acids is 1. The van der Waals surface area contributed by atoms with Crippen LogP contribution >= 0.6 is 15.9 Å². The van der Waals surface area contributed by atoms with Crippen molar-refractivity contribution in [1.82, 2.24) is 5.32 Å². The summed E-state index contributed by atoms with van der Waals surface area (Å²) in [6.07, 6.45) is 0.505. The van der Waals surface area contributed by atoms with E-state index >= 15 is 0 Å². The summed E-state index contributed by atoms with van der Waals surface area (Å²) in [6.45, 7) is 0.435. The molecule has 0 aromatic heterocycles. The van der Waals surface area contributed by atoms with E-state index in [9.17, 15) is 9.18 Å². The van der Waals surface area contributed by atoms with Crippen LogP contribution in [0.25, 0.3) is 0 Å². The summed E-state index contributed by atoms with van der Waals surface area (Å²) in [5, 5.41) is 11.1. The maximum atomic E-state index is 12.7. The maximum Gasteiger partial charge on any atom is 0.252 e. The molecule has 1 rings (SSSR count). The van der Waals surface area contributed by atoms with Crippen molar-refractivity contribution in [3.8, 4) is 0 Å². The first kappa shape index (κ1) is 12.1. The van der Waals surface area contributed by atoms with Gasteiger partial charge in [0.1, 0.15) is 5.82 Å². The molecule has 82 valence electrons. The number of rotatable bonds is 4. The van der Waals surface area contributed by atoms with Crippen molar-refractivity contribution in [2.24, 2.45) is 0 Å². The minimum Gasteiger partial charge on any atom is -0.396 e. The Hall–Kier alpha value is -0.940. The molecular weight excluding hydrogens is 265 g/mol. The van der Waals surface area contributed by atoms with E-state index in [0.717, 1.165) is 0 Å². The topological polar surface area (TPSA) is 49.3 Å². The Bertz CT molecular complexity index is 357. The minimum absolute atomic E-state index is 0.0326. The largest absolute Gasteiger partial charge is 0.396 e. The van der Waals surface area contributed by atoms with Gasteiger partial charge in [0.25, 0.3) is 5.91 Å². The highest BCUT2D eigenvalue weighted by Crippen LogP contribution is 2.17. The Morgan fingerprint density at radius 2 is 2.27 bits per heavy atom. The van der Waals surface area contributed by atoms with Crippen LogP contribution in [0.2, 0.25) is 0 Å². The minimum atomic E-state index is -0.395. The van der Waals surface area contributed by atoms with E-state index in [0.29, 0.717) is 23.0 Å². The predicted octanol–water partition coefficient (Wildman–Crippen LogP) is 1.70. The molecule has 0 aliphatic heterocycles. The molecule has 0 bridgehead atoms. The Balaban J connectivity index is 2.65. The SMILES string of the molecule is O=C(NCCCO)c1ccc(F)cc1Br. The number of benzene rings is 1. The van der Waals surface area contributed by atoms with Crippen molar-refractivity contribution < 1.29 is 14.3 Å². The van der Waals surface area contributed by atoms with Gasteiger partial charge in [-0.3, -0.25) is 4.79 Å². The van der Waals surface area contributed by atoms with E-state index in [1.54, 1.807) is 0 Å². The van der Waals surface area contributed by atoms with Gasteiger partial charge in [-0.1, -0.05) is 0 Å². The van der Waals surface area contributed by atoms with Gasteiger partial charge in [-0.05, 0) is 40.5 Å². The first-order valence-electron chi connectivity index (χ1n) is 4.49. The molecule has 0 radical (unpaired) electrons. The van der Waals surface area contributed by atoms with Gasteiger partial charge in [-0.25, -0.2) is 4.39 Å². The molecular formula is C10H11BrFNO2. The quantitative estimate of drug-likeness (QED) is 0.822. The van der Waals surface area contributed by atoms with Crippen LogP contribution in [0.1, 0.15) is 16.8 Å². The third-order valence-corrected chi connectivity index (χ3v) is 2.45. The van der Waals surface area contributed by atoms with Gasteiger partial charge in [0.15, 0.2) is 0 Å². The molecule has 0 saturated carbocycles. The number of aliphatic hydroxyl groups excluding tert-OH is 1. The lowest BCUT2D eigenvalue weighted by Gasteiger charge is -2.05.